The predicted molar refractivity (Wildman–Crippen MR) is 53.0 cm³/mol. The number of carbonyl (C=O) groups excluding carboxylic acids is 1. The monoisotopic (exact) mass is 202 g/mol. The van der Waals surface area contributed by atoms with Gasteiger partial charge in [0.05, 0.1) is 6.54 Å². The van der Waals surface area contributed by atoms with Gasteiger partial charge in [0, 0.05) is 7.05 Å². The molecule has 0 radical (unpaired) electrons. The van der Waals surface area contributed by atoms with Gasteiger partial charge in [-0.15, -0.1) is 0 Å². The second-order valence-corrected chi connectivity index (χ2v) is 3.23. The molecule has 0 fully saturated rings. The summed E-state index contributed by atoms with van der Waals surface area (Å²) in [7, 11) is 3.18. The molecule has 0 bridgehead atoms. The number of hydrogen-bond acceptors (Lipinski definition) is 3. The summed E-state index contributed by atoms with van der Waals surface area (Å²) < 4.78 is 0. The Hall–Kier alpha value is -1.10. The van der Waals surface area contributed by atoms with Crippen molar-refractivity contribution in [1.29, 1.82) is 0 Å². The van der Waals surface area contributed by atoms with E-state index in [1.54, 1.807) is 11.9 Å². The zero-order chi connectivity index (χ0) is 11.1. The summed E-state index contributed by atoms with van der Waals surface area (Å²) >= 11 is 0. The maximum absolute atomic E-state index is 11.0. The van der Waals surface area contributed by atoms with Crippen LogP contribution < -0.4 is 5.32 Å². The van der Waals surface area contributed by atoms with Gasteiger partial charge in [0.25, 0.3) is 0 Å². The van der Waals surface area contributed by atoms with E-state index in [0.717, 1.165) is 6.42 Å². The average Bonchev–Trinajstić information content (AvgIpc) is 2.13. The van der Waals surface area contributed by atoms with E-state index in [9.17, 15) is 9.59 Å². The molecule has 82 valence electrons. The lowest BCUT2D eigenvalue weighted by Gasteiger charge is -2.23. The Morgan fingerprint density at radius 3 is 2.43 bits per heavy atom. The van der Waals surface area contributed by atoms with Crippen LogP contribution in [0.4, 0.5) is 0 Å². The number of amides is 1. The largest absolute Gasteiger partial charge is 0.480 e. The Kier molecular flexibility index (Phi) is 5.87. The van der Waals surface area contributed by atoms with Gasteiger partial charge in [0.15, 0.2) is 0 Å². The first-order valence-corrected chi connectivity index (χ1v) is 4.66. The van der Waals surface area contributed by atoms with Crippen molar-refractivity contribution in [3.8, 4) is 0 Å². The van der Waals surface area contributed by atoms with Crippen LogP contribution in [0.2, 0.25) is 0 Å². The maximum Gasteiger partial charge on any atom is 0.320 e. The standard InChI is InChI=1S/C9H18N2O3/c1-4-5-7(9(13)14)11(3)6-8(12)10-2/h7H,4-6H2,1-3H3,(H,10,12)(H,13,14). The molecule has 0 saturated carbocycles. The van der Waals surface area contributed by atoms with Gasteiger partial charge in [-0.3, -0.25) is 14.5 Å². The second-order valence-electron chi connectivity index (χ2n) is 3.23. The van der Waals surface area contributed by atoms with Crippen molar-refractivity contribution in [2.45, 2.75) is 25.8 Å². The minimum Gasteiger partial charge on any atom is -0.480 e. The van der Waals surface area contributed by atoms with Crippen molar-refractivity contribution < 1.29 is 14.7 Å². The highest BCUT2D eigenvalue weighted by molar-refractivity contribution is 5.79. The normalized spacial score (nSPS) is 12.6. The van der Waals surface area contributed by atoms with E-state index in [2.05, 4.69) is 5.32 Å². The maximum atomic E-state index is 11.0. The molecule has 0 aromatic rings. The number of carbonyl (C=O) groups is 2. The van der Waals surface area contributed by atoms with Crippen molar-refractivity contribution >= 4 is 11.9 Å². The Morgan fingerprint density at radius 1 is 1.50 bits per heavy atom. The molecule has 0 aliphatic rings. The van der Waals surface area contributed by atoms with Crippen LogP contribution in [0.3, 0.4) is 0 Å². The molecule has 14 heavy (non-hydrogen) atoms. The number of nitrogens with one attached hydrogen (secondary N) is 1. The molecule has 0 spiro atoms. The van der Waals surface area contributed by atoms with E-state index in [0.29, 0.717) is 6.42 Å². The summed E-state index contributed by atoms with van der Waals surface area (Å²) in [6.45, 7) is 2.04. The summed E-state index contributed by atoms with van der Waals surface area (Å²) in [6, 6.07) is -0.572. The molecular weight excluding hydrogens is 184 g/mol. The fourth-order valence-corrected chi connectivity index (χ4v) is 1.22. The van der Waals surface area contributed by atoms with Gasteiger partial charge in [-0.05, 0) is 13.5 Å². The molecule has 0 saturated heterocycles. The minimum atomic E-state index is -0.877. The lowest BCUT2D eigenvalue weighted by molar-refractivity contribution is -0.143. The van der Waals surface area contributed by atoms with Crippen molar-refractivity contribution in [2.75, 3.05) is 20.6 Å². The summed E-state index contributed by atoms with van der Waals surface area (Å²) in [6.07, 6.45) is 1.35. The Bertz CT molecular complexity index is 206. The fourth-order valence-electron chi connectivity index (χ4n) is 1.22. The van der Waals surface area contributed by atoms with Gasteiger partial charge >= 0.3 is 5.97 Å². The van der Waals surface area contributed by atoms with Crippen LogP contribution in [0.25, 0.3) is 0 Å². The number of carboxylic acids is 1. The van der Waals surface area contributed by atoms with Crippen LogP contribution in [-0.2, 0) is 9.59 Å². The highest BCUT2D eigenvalue weighted by atomic mass is 16.4. The minimum absolute atomic E-state index is 0.119. The van der Waals surface area contributed by atoms with Crippen LogP contribution in [0.15, 0.2) is 0 Å². The molecule has 0 aliphatic heterocycles. The first-order chi connectivity index (χ1) is 6.52. The first kappa shape index (κ1) is 12.9. The van der Waals surface area contributed by atoms with Gasteiger partial charge in [-0.25, -0.2) is 0 Å². The fraction of sp³-hybridized carbons (Fsp3) is 0.778. The third-order valence-electron chi connectivity index (χ3n) is 2.05. The van der Waals surface area contributed by atoms with E-state index in [-0.39, 0.29) is 12.5 Å². The highest BCUT2D eigenvalue weighted by Crippen LogP contribution is 2.04. The van der Waals surface area contributed by atoms with Crippen LogP contribution in [-0.4, -0.2) is 48.6 Å². The summed E-state index contributed by atoms with van der Waals surface area (Å²) in [5.41, 5.74) is 0. The summed E-state index contributed by atoms with van der Waals surface area (Å²) in [4.78, 5) is 23.4. The van der Waals surface area contributed by atoms with Crippen LogP contribution in [0.1, 0.15) is 19.8 Å². The molecule has 1 amide bonds. The van der Waals surface area contributed by atoms with Gasteiger partial charge in [-0.1, -0.05) is 13.3 Å². The SMILES string of the molecule is CCCC(C(=O)O)N(C)CC(=O)NC. The zero-order valence-electron chi connectivity index (χ0n) is 8.91. The van der Waals surface area contributed by atoms with E-state index in [1.807, 2.05) is 6.92 Å². The van der Waals surface area contributed by atoms with Gasteiger partial charge in [-0.2, -0.15) is 0 Å². The Morgan fingerprint density at radius 2 is 2.07 bits per heavy atom. The molecule has 0 aliphatic carbocycles. The van der Waals surface area contributed by atoms with Crippen LogP contribution in [0, 0.1) is 0 Å². The predicted octanol–water partition coefficient (Wildman–Crippen LogP) is -0.0825. The van der Waals surface area contributed by atoms with Crippen molar-refractivity contribution in [2.24, 2.45) is 0 Å². The molecule has 0 aromatic carbocycles. The average molecular weight is 202 g/mol. The van der Waals surface area contributed by atoms with Crippen molar-refractivity contribution in [3.63, 3.8) is 0 Å². The summed E-state index contributed by atoms with van der Waals surface area (Å²) in [5, 5.41) is 11.3. The zero-order valence-corrected chi connectivity index (χ0v) is 8.91. The molecule has 0 rings (SSSR count). The van der Waals surface area contributed by atoms with E-state index < -0.39 is 12.0 Å². The van der Waals surface area contributed by atoms with Crippen molar-refractivity contribution in [1.82, 2.24) is 10.2 Å². The number of rotatable bonds is 6. The molecule has 0 heterocycles. The number of likely N-dealkylation sites (N-methyl/N-ethyl adjacent to an activating group) is 2. The Labute approximate surface area is 84.1 Å². The lowest BCUT2D eigenvalue weighted by atomic mass is 10.1. The number of hydrogen-bond donors (Lipinski definition) is 2. The van der Waals surface area contributed by atoms with E-state index >= 15 is 0 Å². The topological polar surface area (TPSA) is 69.6 Å². The summed E-state index contributed by atoms with van der Waals surface area (Å²) in [5.74, 6) is -1.05. The van der Waals surface area contributed by atoms with E-state index in [4.69, 9.17) is 5.11 Å². The number of carboxylic acid groups (broad SMARTS) is 1. The molecule has 5 nitrogen and oxygen atoms in total. The van der Waals surface area contributed by atoms with Crippen LogP contribution >= 0.6 is 0 Å². The van der Waals surface area contributed by atoms with Gasteiger partial charge in [0.2, 0.25) is 5.91 Å². The van der Waals surface area contributed by atoms with Crippen molar-refractivity contribution in [3.05, 3.63) is 0 Å². The molecule has 2 N–H and O–H groups in total. The molecule has 1 unspecified atom stereocenters. The second kappa shape index (κ2) is 6.37. The lowest BCUT2D eigenvalue weighted by Crippen LogP contribution is -2.43. The number of aliphatic carboxylic acids is 1. The van der Waals surface area contributed by atoms with Crippen LogP contribution in [0.5, 0.6) is 0 Å². The van der Waals surface area contributed by atoms with E-state index in [1.165, 1.54) is 7.05 Å². The first-order valence-electron chi connectivity index (χ1n) is 4.66. The molecule has 5 heteroatoms. The number of nitrogens with zero attached hydrogens (tertiary/aromatic N) is 1. The third kappa shape index (κ3) is 4.23. The Balaban J connectivity index is 4.21. The molecule has 0 aromatic heterocycles. The molecular formula is C9H18N2O3. The molecule has 1 atom stereocenters. The smallest absolute Gasteiger partial charge is 0.320 e. The highest BCUT2D eigenvalue weighted by Gasteiger charge is 2.22. The van der Waals surface area contributed by atoms with Gasteiger partial charge in [0.1, 0.15) is 6.04 Å². The quantitative estimate of drug-likeness (QED) is 0.632. The van der Waals surface area contributed by atoms with Gasteiger partial charge < -0.3 is 10.4 Å². The third-order valence-corrected chi connectivity index (χ3v) is 2.05.